The Morgan fingerprint density at radius 3 is 2.14 bits per heavy atom. The van der Waals surface area contributed by atoms with E-state index in [1.54, 1.807) is 24.3 Å². The summed E-state index contributed by atoms with van der Waals surface area (Å²) < 4.78 is 26.4. The molecule has 7 nitrogen and oxygen atoms in total. The minimum Gasteiger partial charge on any atom is -0.357 e. The second-order valence-corrected chi connectivity index (χ2v) is 11.4. The van der Waals surface area contributed by atoms with Gasteiger partial charge in [-0.05, 0) is 29.3 Å². The molecule has 0 aliphatic heterocycles. The lowest BCUT2D eigenvalue weighted by molar-refractivity contribution is -0.139. The predicted molar refractivity (Wildman–Crippen MR) is 149 cm³/mol. The van der Waals surface area contributed by atoms with E-state index in [0.29, 0.717) is 10.6 Å². The first-order valence-corrected chi connectivity index (χ1v) is 14.2. The summed E-state index contributed by atoms with van der Waals surface area (Å²) in [4.78, 5) is 28.3. The Bertz CT molecular complexity index is 1370. The molecule has 0 radical (unpaired) electrons. The molecule has 0 saturated heterocycles. The molecule has 0 aromatic heterocycles. The molecule has 196 valence electrons. The van der Waals surface area contributed by atoms with Crippen LogP contribution in [0.25, 0.3) is 0 Å². The summed E-state index contributed by atoms with van der Waals surface area (Å²) in [5.74, 6) is -1.03. The molecule has 0 heterocycles. The zero-order chi connectivity index (χ0) is 27.2. The van der Waals surface area contributed by atoms with E-state index < -0.39 is 34.4 Å². The lowest BCUT2D eigenvalue weighted by Crippen LogP contribution is -2.53. The van der Waals surface area contributed by atoms with Gasteiger partial charge in [0.2, 0.25) is 21.8 Å². The maximum atomic E-state index is 13.9. The predicted octanol–water partition coefficient (Wildman–Crippen LogP) is 4.80. The number of anilines is 1. The van der Waals surface area contributed by atoms with Gasteiger partial charge in [-0.25, -0.2) is 8.42 Å². The van der Waals surface area contributed by atoms with Crippen molar-refractivity contribution in [2.45, 2.75) is 19.0 Å². The van der Waals surface area contributed by atoms with Gasteiger partial charge in [-0.1, -0.05) is 89.4 Å². The standard InChI is InChI=1S/C26H26Cl3N3O4S/c1-30-26(34)23(15-18-9-4-3-5-10-18)31(16-19-11-6-7-12-20(19)27)24(33)17-32(37(2,35)36)22-14-8-13-21(28)25(22)29/h3-14,23H,15-17H2,1-2H3,(H,30,34). The third-order valence-corrected chi connectivity index (χ3v) is 8.00. The molecule has 0 fully saturated rings. The summed E-state index contributed by atoms with van der Waals surface area (Å²) in [6, 6.07) is 19.7. The zero-order valence-corrected chi connectivity index (χ0v) is 23.3. The number of hydrogen-bond donors (Lipinski definition) is 1. The Hall–Kier alpha value is -2.78. The van der Waals surface area contributed by atoms with Gasteiger partial charge in [0.15, 0.2) is 0 Å². The molecule has 0 spiro atoms. The molecule has 1 N–H and O–H groups in total. The van der Waals surface area contributed by atoms with Crippen molar-refractivity contribution in [3.8, 4) is 0 Å². The average Bonchev–Trinajstić information content (AvgIpc) is 2.87. The molecule has 0 saturated carbocycles. The fraction of sp³-hybridized carbons (Fsp3) is 0.231. The van der Waals surface area contributed by atoms with Crippen molar-refractivity contribution < 1.29 is 18.0 Å². The number of carbonyl (C=O) groups is 2. The van der Waals surface area contributed by atoms with Crippen LogP contribution in [0.3, 0.4) is 0 Å². The minimum absolute atomic E-state index is 0.00724. The summed E-state index contributed by atoms with van der Waals surface area (Å²) >= 11 is 18.8. The highest BCUT2D eigenvalue weighted by molar-refractivity contribution is 7.92. The van der Waals surface area contributed by atoms with E-state index in [4.69, 9.17) is 34.8 Å². The van der Waals surface area contributed by atoms with Crippen LogP contribution in [-0.4, -0.2) is 51.0 Å². The van der Waals surface area contributed by atoms with Crippen molar-refractivity contribution in [3.63, 3.8) is 0 Å². The van der Waals surface area contributed by atoms with Gasteiger partial charge in [-0.2, -0.15) is 0 Å². The second-order valence-electron chi connectivity index (χ2n) is 8.28. The summed E-state index contributed by atoms with van der Waals surface area (Å²) in [6.07, 6.45) is 1.17. The Balaban J connectivity index is 2.07. The third kappa shape index (κ3) is 7.38. The highest BCUT2D eigenvalue weighted by atomic mass is 35.5. The first-order valence-electron chi connectivity index (χ1n) is 11.2. The van der Waals surface area contributed by atoms with Crippen LogP contribution in [0.15, 0.2) is 72.8 Å². The number of nitrogens with zero attached hydrogens (tertiary/aromatic N) is 2. The Morgan fingerprint density at radius 1 is 0.892 bits per heavy atom. The van der Waals surface area contributed by atoms with Gasteiger partial charge in [-0.15, -0.1) is 0 Å². The lowest BCUT2D eigenvalue weighted by Gasteiger charge is -2.33. The molecule has 2 amide bonds. The van der Waals surface area contributed by atoms with Crippen molar-refractivity contribution in [2.24, 2.45) is 0 Å². The Morgan fingerprint density at radius 2 is 1.51 bits per heavy atom. The smallest absolute Gasteiger partial charge is 0.244 e. The van der Waals surface area contributed by atoms with E-state index in [9.17, 15) is 18.0 Å². The van der Waals surface area contributed by atoms with Crippen LogP contribution in [0.1, 0.15) is 11.1 Å². The second kappa shape index (κ2) is 12.6. The number of likely N-dealkylation sites (N-methyl/N-ethyl adjacent to an activating group) is 1. The molecule has 37 heavy (non-hydrogen) atoms. The Labute approximate surface area is 232 Å². The van der Waals surface area contributed by atoms with Crippen LogP contribution >= 0.6 is 34.8 Å². The first kappa shape index (κ1) is 28.8. The molecule has 3 aromatic rings. The number of amides is 2. The number of benzene rings is 3. The fourth-order valence-corrected chi connectivity index (χ4v) is 5.31. The summed E-state index contributed by atoms with van der Waals surface area (Å²) in [7, 11) is -2.48. The summed E-state index contributed by atoms with van der Waals surface area (Å²) in [6.45, 7) is -0.629. The normalized spacial score (nSPS) is 12.0. The fourth-order valence-electron chi connectivity index (χ4n) is 3.81. The molecule has 0 bridgehead atoms. The van der Waals surface area contributed by atoms with Crippen LogP contribution in [0.2, 0.25) is 15.1 Å². The van der Waals surface area contributed by atoms with Crippen molar-refractivity contribution in [3.05, 3.63) is 99.0 Å². The quantitative estimate of drug-likeness (QED) is 0.372. The van der Waals surface area contributed by atoms with Gasteiger partial charge in [0, 0.05) is 25.0 Å². The minimum atomic E-state index is -3.96. The molecular formula is C26H26Cl3N3O4S. The Kier molecular flexibility index (Phi) is 9.84. The third-order valence-electron chi connectivity index (χ3n) is 5.70. The number of rotatable bonds is 10. The van der Waals surface area contributed by atoms with Gasteiger partial charge >= 0.3 is 0 Å². The number of halogens is 3. The first-order chi connectivity index (χ1) is 17.5. The molecule has 3 rings (SSSR count). The van der Waals surface area contributed by atoms with E-state index in [0.717, 1.165) is 16.1 Å². The van der Waals surface area contributed by atoms with E-state index in [2.05, 4.69) is 5.32 Å². The van der Waals surface area contributed by atoms with E-state index in [-0.39, 0.29) is 28.7 Å². The van der Waals surface area contributed by atoms with Crippen molar-refractivity contribution in [2.75, 3.05) is 24.2 Å². The number of hydrogen-bond acceptors (Lipinski definition) is 4. The number of sulfonamides is 1. The topological polar surface area (TPSA) is 86.8 Å². The molecule has 0 aliphatic rings. The highest BCUT2D eigenvalue weighted by Gasteiger charge is 2.33. The van der Waals surface area contributed by atoms with Crippen LogP contribution in [-0.2, 0) is 32.6 Å². The summed E-state index contributed by atoms with van der Waals surface area (Å²) in [5, 5.41) is 3.16. The molecule has 0 aliphatic carbocycles. The summed E-state index contributed by atoms with van der Waals surface area (Å²) in [5.41, 5.74) is 1.49. The maximum Gasteiger partial charge on any atom is 0.244 e. The maximum absolute atomic E-state index is 13.9. The average molecular weight is 583 g/mol. The highest BCUT2D eigenvalue weighted by Crippen LogP contribution is 2.34. The molecule has 1 unspecified atom stereocenters. The monoisotopic (exact) mass is 581 g/mol. The number of nitrogens with one attached hydrogen (secondary N) is 1. The van der Waals surface area contributed by atoms with Crippen LogP contribution in [0, 0.1) is 0 Å². The zero-order valence-electron chi connectivity index (χ0n) is 20.2. The SMILES string of the molecule is CNC(=O)C(Cc1ccccc1)N(Cc1ccccc1Cl)C(=O)CN(c1cccc(Cl)c1Cl)S(C)(=O)=O. The lowest BCUT2D eigenvalue weighted by atomic mass is 10.0. The van der Waals surface area contributed by atoms with Gasteiger partial charge in [0.05, 0.1) is 22.0 Å². The molecule has 11 heteroatoms. The van der Waals surface area contributed by atoms with Crippen molar-refractivity contribution in [1.82, 2.24) is 10.2 Å². The van der Waals surface area contributed by atoms with Gasteiger partial charge in [0.25, 0.3) is 0 Å². The van der Waals surface area contributed by atoms with Crippen molar-refractivity contribution in [1.29, 1.82) is 0 Å². The van der Waals surface area contributed by atoms with Gasteiger partial charge < -0.3 is 10.2 Å². The van der Waals surface area contributed by atoms with E-state index in [1.165, 1.54) is 30.1 Å². The van der Waals surface area contributed by atoms with E-state index in [1.807, 2.05) is 30.3 Å². The molecule has 3 aromatic carbocycles. The van der Waals surface area contributed by atoms with Crippen LogP contribution in [0.4, 0.5) is 5.69 Å². The van der Waals surface area contributed by atoms with Crippen molar-refractivity contribution >= 4 is 62.3 Å². The largest absolute Gasteiger partial charge is 0.357 e. The molecule has 1 atom stereocenters. The van der Waals surface area contributed by atoms with E-state index >= 15 is 0 Å². The number of carbonyl (C=O) groups excluding carboxylic acids is 2. The molecular weight excluding hydrogens is 557 g/mol. The van der Waals surface area contributed by atoms with Crippen LogP contribution in [0.5, 0.6) is 0 Å². The van der Waals surface area contributed by atoms with Gasteiger partial charge in [-0.3, -0.25) is 13.9 Å². The van der Waals surface area contributed by atoms with Gasteiger partial charge in [0.1, 0.15) is 12.6 Å². The van der Waals surface area contributed by atoms with Crippen LogP contribution < -0.4 is 9.62 Å².